The zero-order chi connectivity index (χ0) is 18.8. The average Bonchev–Trinajstić information content (AvgIpc) is 2.67. The van der Waals surface area contributed by atoms with Crippen LogP contribution >= 0.6 is 15.9 Å². The predicted octanol–water partition coefficient (Wildman–Crippen LogP) is 3.65. The van der Waals surface area contributed by atoms with Gasteiger partial charge in [0.15, 0.2) is 0 Å². The number of nitrogens with one attached hydrogen (secondary N) is 1. The second kappa shape index (κ2) is 7.82. The van der Waals surface area contributed by atoms with Crippen molar-refractivity contribution in [2.75, 3.05) is 29.9 Å². The molecule has 2 aromatic rings. The predicted molar refractivity (Wildman–Crippen MR) is 110 cm³/mol. The second-order valence-electron chi connectivity index (χ2n) is 7.19. The van der Waals surface area contributed by atoms with Gasteiger partial charge in [-0.2, -0.15) is 0 Å². The van der Waals surface area contributed by atoms with Gasteiger partial charge < -0.3 is 10.2 Å². The van der Waals surface area contributed by atoms with Gasteiger partial charge in [-0.05, 0) is 43.1 Å². The van der Waals surface area contributed by atoms with Crippen LogP contribution in [-0.2, 0) is 16.1 Å². The molecule has 4 rings (SSSR count). The smallest absolute Gasteiger partial charge is 0.244 e. The topological polar surface area (TPSA) is 52.7 Å². The standard InChI is InChI=1S/C21H22BrN3O2/c22-17-8-9-19-18(11-17)23-20(26)14-25(19)21(27)16-7-4-10-24(13-16)12-15-5-2-1-3-6-15/h1-3,5-6,8-9,11,16H,4,7,10,12-14H2,(H,23,26). The molecule has 0 radical (unpaired) electrons. The van der Waals surface area contributed by atoms with E-state index in [2.05, 4.69) is 38.3 Å². The fourth-order valence-corrected chi connectivity index (χ4v) is 4.28. The lowest BCUT2D eigenvalue weighted by Crippen LogP contribution is -2.48. The van der Waals surface area contributed by atoms with E-state index in [4.69, 9.17) is 0 Å². The third-order valence-electron chi connectivity index (χ3n) is 5.19. The van der Waals surface area contributed by atoms with Crippen molar-refractivity contribution in [3.63, 3.8) is 0 Å². The number of nitrogens with zero attached hydrogens (tertiary/aromatic N) is 2. The van der Waals surface area contributed by atoms with Gasteiger partial charge in [-0.3, -0.25) is 14.5 Å². The largest absolute Gasteiger partial charge is 0.323 e. The number of piperidine rings is 1. The Kier molecular flexibility index (Phi) is 5.27. The number of rotatable bonds is 3. The molecule has 1 unspecified atom stereocenters. The van der Waals surface area contributed by atoms with Crippen molar-refractivity contribution in [3.8, 4) is 0 Å². The van der Waals surface area contributed by atoms with E-state index in [1.54, 1.807) is 4.90 Å². The van der Waals surface area contributed by atoms with Crippen molar-refractivity contribution in [2.45, 2.75) is 19.4 Å². The molecule has 27 heavy (non-hydrogen) atoms. The van der Waals surface area contributed by atoms with Gasteiger partial charge in [0.05, 0.1) is 17.3 Å². The molecular formula is C21H22BrN3O2. The first-order valence-electron chi connectivity index (χ1n) is 9.27. The molecule has 2 aliphatic rings. The highest BCUT2D eigenvalue weighted by atomic mass is 79.9. The van der Waals surface area contributed by atoms with Crippen LogP contribution in [0.1, 0.15) is 18.4 Å². The number of hydrogen-bond donors (Lipinski definition) is 1. The van der Waals surface area contributed by atoms with E-state index in [0.717, 1.165) is 42.6 Å². The summed E-state index contributed by atoms with van der Waals surface area (Å²) in [5.74, 6) is -0.179. The van der Waals surface area contributed by atoms with Crippen LogP contribution in [0.15, 0.2) is 53.0 Å². The second-order valence-corrected chi connectivity index (χ2v) is 8.11. The van der Waals surface area contributed by atoms with E-state index in [0.29, 0.717) is 5.69 Å². The van der Waals surface area contributed by atoms with Crippen LogP contribution in [0, 0.1) is 5.92 Å². The lowest BCUT2D eigenvalue weighted by Gasteiger charge is -2.36. The lowest BCUT2D eigenvalue weighted by atomic mass is 9.95. The summed E-state index contributed by atoms with van der Waals surface area (Å²) in [5.41, 5.74) is 2.73. The number of hydrogen-bond acceptors (Lipinski definition) is 3. The molecule has 2 aliphatic heterocycles. The molecule has 1 N–H and O–H groups in total. The number of amides is 2. The van der Waals surface area contributed by atoms with Crippen LogP contribution in [0.4, 0.5) is 11.4 Å². The minimum atomic E-state index is -0.147. The molecule has 1 saturated heterocycles. The Morgan fingerprint density at radius 1 is 1.19 bits per heavy atom. The molecule has 0 saturated carbocycles. The van der Waals surface area contributed by atoms with Gasteiger partial charge in [0.25, 0.3) is 0 Å². The maximum Gasteiger partial charge on any atom is 0.244 e. The lowest BCUT2D eigenvalue weighted by molar-refractivity contribution is -0.126. The average molecular weight is 428 g/mol. The monoisotopic (exact) mass is 427 g/mol. The fourth-order valence-electron chi connectivity index (χ4n) is 3.92. The van der Waals surface area contributed by atoms with Crippen LogP contribution < -0.4 is 10.2 Å². The van der Waals surface area contributed by atoms with Gasteiger partial charge in [0.2, 0.25) is 11.8 Å². The van der Waals surface area contributed by atoms with Crippen LogP contribution in [0.5, 0.6) is 0 Å². The van der Waals surface area contributed by atoms with E-state index in [1.165, 1.54) is 5.56 Å². The molecule has 5 nitrogen and oxygen atoms in total. The first-order valence-corrected chi connectivity index (χ1v) is 10.1. The number of fused-ring (bicyclic) bond motifs is 1. The molecular weight excluding hydrogens is 406 g/mol. The number of carbonyl (C=O) groups is 2. The van der Waals surface area contributed by atoms with Gasteiger partial charge in [0.1, 0.15) is 6.54 Å². The quantitative estimate of drug-likeness (QED) is 0.812. The van der Waals surface area contributed by atoms with Gasteiger partial charge in [0, 0.05) is 17.6 Å². The van der Waals surface area contributed by atoms with E-state index in [9.17, 15) is 9.59 Å². The minimum absolute atomic E-state index is 0.0474. The molecule has 140 valence electrons. The Labute approximate surface area is 167 Å². The molecule has 0 aromatic heterocycles. The van der Waals surface area contributed by atoms with Crippen LogP contribution in [0.25, 0.3) is 0 Å². The van der Waals surface area contributed by atoms with E-state index >= 15 is 0 Å². The fraction of sp³-hybridized carbons (Fsp3) is 0.333. The molecule has 0 aliphatic carbocycles. The SMILES string of the molecule is O=C1CN(C(=O)C2CCCN(Cc3ccccc3)C2)c2ccc(Br)cc2N1. The van der Waals surface area contributed by atoms with Crippen LogP contribution in [0.3, 0.4) is 0 Å². The maximum absolute atomic E-state index is 13.3. The number of benzene rings is 2. The van der Waals surface area contributed by atoms with Gasteiger partial charge in [-0.25, -0.2) is 0 Å². The zero-order valence-corrected chi connectivity index (χ0v) is 16.6. The molecule has 0 bridgehead atoms. The van der Waals surface area contributed by atoms with Crippen molar-refractivity contribution in [1.29, 1.82) is 0 Å². The summed E-state index contributed by atoms with van der Waals surface area (Å²) >= 11 is 3.42. The summed E-state index contributed by atoms with van der Waals surface area (Å²) in [6.45, 7) is 2.68. The van der Waals surface area contributed by atoms with E-state index < -0.39 is 0 Å². The van der Waals surface area contributed by atoms with Crippen LogP contribution in [-0.4, -0.2) is 36.3 Å². The Hall–Kier alpha value is -2.18. The van der Waals surface area contributed by atoms with E-state index in [-0.39, 0.29) is 24.3 Å². The molecule has 1 atom stereocenters. The van der Waals surface area contributed by atoms with Crippen molar-refractivity contribution < 1.29 is 9.59 Å². The molecule has 2 amide bonds. The first-order chi connectivity index (χ1) is 13.1. The molecule has 0 spiro atoms. The summed E-state index contributed by atoms with van der Waals surface area (Å²) in [5, 5.41) is 2.86. The Morgan fingerprint density at radius 3 is 2.81 bits per heavy atom. The highest BCUT2D eigenvalue weighted by Gasteiger charge is 2.34. The van der Waals surface area contributed by atoms with Crippen molar-refractivity contribution >= 4 is 39.1 Å². The first kappa shape index (κ1) is 18.2. The van der Waals surface area contributed by atoms with Crippen molar-refractivity contribution in [1.82, 2.24) is 4.90 Å². The Morgan fingerprint density at radius 2 is 2.00 bits per heavy atom. The van der Waals surface area contributed by atoms with Crippen molar-refractivity contribution in [3.05, 3.63) is 58.6 Å². The molecule has 6 heteroatoms. The zero-order valence-electron chi connectivity index (χ0n) is 15.0. The summed E-state index contributed by atoms with van der Waals surface area (Å²) in [6.07, 6.45) is 1.87. The third kappa shape index (κ3) is 4.06. The summed E-state index contributed by atoms with van der Waals surface area (Å²) in [7, 11) is 0. The summed E-state index contributed by atoms with van der Waals surface area (Å²) < 4.78 is 0.877. The number of carbonyl (C=O) groups excluding carboxylic acids is 2. The summed E-state index contributed by atoms with van der Waals surface area (Å²) in [6, 6.07) is 16.0. The number of halogens is 1. The minimum Gasteiger partial charge on any atom is -0.323 e. The van der Waals surface area contributed by atoms with Crippen molar-refractivity contribution in [2.24, 2.45) is 5.92 Å². The highest BCUT2D eigenvalue weighted by Crippen LogP contribution is 2.34. The number of anilines is 2. The number of likely N-dealkylation sites (tertiary alicyclic amines) is 1. The van der Waals surface area contributed by atoms with Gasteiger partial charge in [-0.1, -0.05) is 46.3 Å². The third-order valence-corrected chi connectivity index (χ3v) is 5.69. The maximum atomic E-state index is 13.3. The summed E-state index contributed by atoms with van der Waals surface area (Å²) in [4.78, 5) is 29.4. The normalized spacial score (nSPS) is 20.1. The molecule has 1 fully saturated rings. The van der Waals surface area contributed by atoms with E-state index in [1.807, 2.05) is 36.4 Å². The Bertz CT molecular complexity index is 856. The highest BCUT2D eigenvalue weighted by molar-refractivity contribution is 9.10. The molecule has 2 heterocycles. The van der Waals surface area contributed by atoms with Crippen LogP contribution in [0.2, 0.25) is 0 Å². The Balaban J connectivity index is 1.50. The van der Waals surface area contributed by atoms with Gasteiger partial charge >= 0.3 is 0 Å². The van der Waals surface area contributed by atoms with Gasteiger partial charge in [-0.15, -0.1) is 0 Å². The molecule has 2 aromatic carbocycles.